The second kappa shape index (κ2) is 5.61. The van der Waals surface area contributed by atoms with Crippen LogP contribution in [0.5, 0.6) is 0 Å². The molecule has 4 rings (SSSR count). The molecule has 4 aromatic rings. The molecule has 6 heteroatoms. The molecule has 0 saturated heterocycles. The highest BCUT2D eigenvalue weighted by Crippen LogP contribution is 2.20. The van der Waals surface area contributed by atoms with Crippen LogP contribution in [0.3, 0.4) is 0 Å². The van der Waals surface area contributed by atoms with Crippen LogP contribution in [-0.2, 0) is 0 Å². The van der Waals surface area contributed by atoms with Crippen molar-refractivity contribution in [2.24, 2.45) is 0 Å². The van der Waals surface area contributed by atoms with Gasteiger partial charge in [0.05, 0.1) is 4.53 Å². The van der Waals surface area contributed by atoms with Crippen LogP contribution in [0.4, 0.5) is 0 Å². The number of rotatable bonds is 2. The molecule has 0 aliphatic heterocycles. The van der Waals surface area contributed by atoms with Crippen molar-refractivity contribution in [3.63, 3.8) is 0 Å². The second-order valence-electron chi connectivity index (χ2n) is 4.97. The van der Waals surface area contributed by atoms with Crippen LogP contribution in [0.1, 0.15) is 5.56 Å². The Morgan fingerprint density at radius 2 is 1.74 bits per heavy atom. The Balaban J connectivity index is 1.92. The van der Waals surface area contributed by atoms with Crippen molar-refractivity contribution >= 4 is 34.0 Å². The van der Waals surface area contributed by atoms with Crippen LogP contribution in [0.2, 0.25) is 5.02 Å². The van der Waals surface area contributed by atoms with E-state index in [0.29, 0.717) is 20.3 Å². The molecule has 0 unspecified atom stereocenters. The maximum atomic E-state index is 12.7. The van der Waals surface area contributed by atoms with Gasteiger partial charge in [0.25, 0.3) is 5.56 Å². The summed E-state index contributed by atoms with van der Waals surface area (Å²) in [6.45, 7) is 0. The topological polar surface area (TPSA) is 47.3 Å². The molecule has 2 aromatic heterocycles. The number of hydrogen-bond acceptors (Lipinski definition) is 4. The van der Waals surface area contributed by atoms with E-state index in [4.69, 9.17) is 11.6 Å². The molecular weight excluding hydrogens is 330 g/mol. The monoisotopic (exact) mass is 339 g/mol. The van der Waals surface area contributed by atoms with Gasteiger partial charge in [-0.15, -0.1) is 10.2 Å². The molecule has 0 saturated carbocycles. The summed E-state index contributed by atoms with van der Waals surface area (Å²) in [4.78, 5) is 13.3. The number of thiazole rings is 1. The fourth-order valence-corrected chi connectivity index (χ4v) is 3.39. The SMILES string of the molecule is O=c1c(=Cc2ccccc2)sc2nnc(-c3ccc(Cl)cc3)n12. The van der Waals surface area contributed by atoms with Gasteiger partial charge in [0.15, 0.2) is 5.82 Å². The normalized spacial score (nSPS) is 12.1. The first-order valence-corrected chi connectivity index (χ1v) is 8.12. The van der Waals surface area contributed by atoms with Crippen LogP contribution in [-0.4, -0.2) is 14.6 Å². The van der Waals surface area contributed by atoms with Crippen molar-refractivity contribution in [2.45, 2.75) is 0 Å². The molecular formula is C17H10ClN3OS. The zero-order valence-electron chi connectivity index (χ0n) is 11.8. The maximum absolute atomic E-state index is 12.7. The van der Waals surface area contributed by atoms with E-state index in [2.05, 4.69) is 10.2 Å². The van der Waals surface area contributed by atoms with Gasteiger partial charge < -0.3 is 0 Å². The van der Waals surface area contributed by atoms with Crippen molar-refractivity contribution in [3.8, 4) is 11.4 Å². The van der Waals surface area contributed by atoms with E-state index in [1.54, 1.807) is 16.5 Å². The smallest absolute Gasteiger partial charge is 0.267 e. The van der Waals surface area contributed by atoms with Crippen LogP contribution < -0.4 is 10.1 Å². The molecule has 4 nitrogen and oxygen atoms in total. The number of aromatic nitrogens is 3. The Morgan fingerprint density at radius 1 is 1.00 bits per heavy atom. The number of benzene rings is 2. The molecule has 23 heavy (non-hydrogen) atoms. The molecule has 0 aliphatic rings. The maximum Gasteiger partial charge on any atom is 0.276 e. The Morgan fingerprint density at radius 3 is 2.48 bits per heavy atom. The van der Waals surface area contributed by atoms with E-state index in [1.165, 1.54) is 11.3 Å². The summed E-state index contributed by atoms with van der Waals surface area (Å²) in [5, 5.41) is 8.89. The summed E-state index contributed by atoms with van der Waals surface area (Å²) >= 11 is 7.24. The summed E-state index contributed by atoms with van der Waals surface area (Å²) in [6.07, 6.45) is 1.87. The predicted octanol–water partition coefficient (Wildman–Crippen LogP) is 3.02. The summed E-state index contributed by atoms with van der Waals surface area (Å²) in [5.74, 6) is 0.533. The van der Waals surface area contributed by atoms with Gasteiger partial charge in [0.2, 0.25) is 4.96 Å². The van der Waals surface area contributed by atoms with Crippen LogP contribution in [0.25, 0.3) is 22.4 Å². The Bertz CT molecular complexity index is 1080. The molecule has 0 bridgehead atoms. The first kappa shape index (κ1) is 14.1. The van der Waals surface area contributed by atoms with E-state index >= 15 is 0 Å². The molecule has 0 spiro atoms. The van der Waals surface area contributed by atoms with E-state index in [0.717, 1.165) is 11.1 Å². The van der Waals surface area contributed by atoms with Gasteiger partial charge in [-0.05, 0) is 35.9 Å². The molecule has 0 radical (unpaired) electrons. The molecule has 0 N–H and O–H groups in total. The molecule has 0 fully saturated rings. The van der Waals surface area contributed by atoms with Crippen molar-refractivity contribution in [3.05, 3.63) is 80.1 Å². The van der Waals surface area contributed by atoms with Gasteiger partial charge in [-0.25, -0.2) is 4.40 Å². The van der Waals surface area contributed by atoms with E-state index < -0.39 is 0 Å². The molecule has 112 valence electrons. The second-order valence-corrected chi connectivity index (χ2v) is 6.42. The molecule has 2 aromatic carbocycles. The van der Waals surface area contributed by atoms with Gasteiger partial charge in [-0.2, -0.15) is 0 Å². The predicted molar refractivity (Wildman–Crippen MR) is 92.8 cm³/mol. The van der Waals surface area contributed by atoms with Crippen molar-refractivity contribution in [1.82, 2.24) is 14.6 Å². The van der Waals surface area contributed by atoms with E-state index in [1.807, 2.05) is 48.5 Å². The standard InChI is InChI=1S/C17H10ClN3OS/c18-13-8-6-12(7-9-13)15-19-20-17-21(15)16(22)14(23-17)10-11-4-2-1-3-5-11/h1-10H. The zero-order valence-corrected chi connectivity index (χ0v) is 13.4. The minimum Gasteiger partial charge on any atom is -0.267 e. The third-order valence-corrected chi connectivity index (χ3v) is 4.66. The van der Waals surface area contributed by atoms with Crippen LogP contribution >= 0.6 is 22.9 Å². The van der Waals surface area contributed by atoms with Crippen molar-refractivity contribution in [2.75, 3.05) is 0 Å². The van der Waals surface area contributed by atoms with Gasteiger partial charge in [-0.3, -0.25) is 4.79 Å². The summed E-state index contributed by atoms with van der Waals surface area (Å²) in [6, 6.07) is 16.9. The molecule has 0 amide bonds. The Kier molecular flexibility index (Phi) is 3.44. The largest absolute Gasteiger partial charge is 0.276 e. The fourth-order valence-electron chi connectivity index (χ4n) is 2.35. The first-order valence-electron chi connectivity index (χ1n) is 6.93. The molecule has 0 aliphatic carbocycles. The summed E-state index contributed by atoms with van der Waals surface area (Å²) < 4.78 is 2.18. The number of nitrogens with zero attached hydrogens (tertiary/aromatic N) is 3. The lowest BCUT2D eigenvalue weighted by Crippen LogP contribution is -2.23. The van der Waals surface area contributed by atoms with Gasteiger partial charge >= 0.3 is 0 Å². The third-order valence-electron chi connectivity index (χ3n) is 3.45. The average Bonchev–Trinajstić information content (AvgIpc) is 3.11. The zero-order chi connectivity index (χ0) is 15.8. The Labute approximate surface area is 140 Å². The van der Waals surface area contributed by atoms with Crippen LogP contribution in [0.15, 0.2) is 59.4 Å². The number of hydrogen-bond donors (Lipinski definition) is 0. The van der Waals surface area contributed by atoms with Crippen molar-refractivity contribution < 1.29 is 0 Å². The average molecular weight is 340 g/mol. The van der Waals surface area contributed by atoms with E-state index in [9.17, 15) is 4.79 Å². The first-order chi connectivity index (χ1) is 11.2. The summed E-state index contributed by atoms with van der Waals surface area (Å²) in [7, 11) is 0. The van der Waals surface area contributed by atoms with E-state index in [-0.39, 0.29) is 5.56 Å². The lowest BCUT2D eigenvalue weighted by molar-refractivity contribution is 1.09. The third kappa shape index (κ3) is 2.54. The molecule has 2 heterocycles. The minimum absolute atomic E-state index is 0.108. The molecule has 0 atom stereocenters. The fraction of sp³-hybridized carbons (Fsp3) is 0. The van der Waals surface area contributed by atoms with Gasteiger partial charge in [0.1, 0.15) is 0 Å². The number of fused-ring (bicyclic) bond motifs is 1. The number of halogens is 1. The van der Waals surface area contributed by atoms with Crippen molar-refractivity contribution in [1.29, 1.82) is 0 Å². The quantitative estimate of drug-likeness (QED) is 0.564. The van der Waals surface area contributed by atoms with Gasteiger partial charge in [-0.1, -0.05) is 53.3 Å². The highest BCUT2D eigenvalue weighted by Gasteiger charge is 2.13. The lowest BCUT2D eigenvalue weighted by atomic mass is 10.2. The lowest BCUT2D eigenvalue weighted by Gasteiger charge is -1.96. The minimum atomic E-state index is -0.108. The highest BCUT2D eigenvalue weighted by atomic mass is 35.5. The van der Waals surface area contributed by atoms with Crippen LogP contribution in [0, 0.1) is 0 Å². The summed E-state index contributed by atoms with van der Waals surface area (Å²) in [5.41, 5.74) is 1.68. The van der Waals surface area contributed by atoms with Gasteiger partial charge in [0, 0.05) is 10.6 Å². The Hall–Kier alpha value is -2.50. The highest BCUT2D eigenvalue weighted by molar-refractivity contribution is 7.15.